The lowest BCUT2D eigenvalue weighted by Crippen LogP contribution is -2.51. The van der Waals surface area contributed by atoms with E-state index in [1.54, 1.807) is 0 Å². The van der Waals surface area contributed by atoms with Gasteiger partial charge in [-0.05, 0) is 35.1 Å². The molecule has 2 aliphatic carbocycles. The first kappa shape index (κ1) is 21.8. The second-order valence-corrected chi connectivity index (χ2v) is 8.28. The summed E-state index contributed by atoms with van der Waals surface area (Å²) in [4.78, 5) is 36.3. The van der Waals surface area contributed by atoms with E-state index < -0.39 is 29.4 Å². The number of fused-ring (bicyclic) bond motifs is 3. The van der Waals surface area contributed by atoms with Gasteiger partial charge in [-0.3, -0.25) is 9.59 Å². The molecule has 2 aromatic rings. The van der Waals surface area contributed by atoms with Crippen molar-refractivity contribution in [3.8, 4) is 11.1 Å². The molecule has 1 unspecified atom stereocenters. The number of carboxylic acids is 1. The van der Waals surface area contributed by atoms with Crippen molar-refractivity contribution in [1.29, 1.82) is 0 Å². The van der Waals surface area contributed by atoms with Crippen molar-refractivity contribution >= 4 is 18.0 Å². The van der Waals surface area contributed by atoms with Crippen LogP contribution in [0.1, 0.15) is 29.9 Å². The summed E-state index contributed by atoms with van der Waals surface area (Å²) in [7, 11) is 1.42. The predicted octanol–water partition coefficient (Wildman–Crippen LogP) is 2.52. The highest BCUT2D eigenvalue weighted by Gasteiger charge is 2.50. The number of hydrogen-bond acceptors (Lipinski definition) is 5. The van der Waals surface area contributed by atoms with Crippen molar-refractivity contribution in [1.82, 2.24) is 10.6 Å². The van der Waals surface area contributed by atoms with Crippen molar-refractivity contribution in [2.24, 2.45) is 5.41 Å². The van der Waals surface area contributed by atoms with Gasteiger partial charge in [0.15, 0.2) is 0 Å². The van der Waals surface area contributed by atoms with Crippen molar-refractivity contribution in [3.63, 3.8) is 0 Å². The van der Waals surface area contributed by atoms with E-state index in [-0.39, 0.29) is 25.7 Å². The average Bonchev–Trinajstić information content (AvgIpc) is 3.53. The lowest BCUT2D eigenvalue weighted by atomic mass is 9.98. The SMILES string of the molecule is COCC(NC(=O)OCC1c2ccccc2-c2ccccc21)C(=O)NCC1(C(=O)O)CC1. The number of alkyl carbamates (subject to hydrolysis) is 1. The van der Waals surface area contributed by atoms with E-state index in [9.17, 15) is 19.5 Å². The molecule has 8 nitrogen and oxygen atoms in total. The molecular formula is C24H26N2O6. The molecule has 2 aromatic carbocycles. The third kappa shape index (κ3) is 4.31. The number of carbonyl (C=O) groups is 3. The Morgan fingerprint density at radius 3 is 2.19 bits per heavy atom. The van der Waals surface area contributed by atoms with Gasteiger partial charge in [0.05, 0.1) is 12.0 Å². The van der Waals surface area contributed by atoms with Gasteiger partial charge in [-0.25, -0.2) is 4.79 Å². The van der Waals surface area contributed by atoms with Gasteiger partial charge in [0.25, 0.3) is 0 Å². The van der Waals surface area contributed by atoms with E-state index in [1.165, 1.54) is 7.11 Å². The first-order chi connectivity index (χ1) is 15.4. The number of nitrogens with one attached hydrogen (secondary N) is 2. The molecule has 8 heteroatoms. The summed E-state index contributed by atoms with van der Waals surface area (Å²) in [5, 5.41) is 14.4. The minimum absolute atomic E-state index is 0.0216. The van der Waals surface area contributed by atoms with E-state index in [2.05, 4.69) is 22.8 Å². The molecule has 0 aliphatic heterocycles. The number of rotatable bonds is 9. The predicted molar refractivity (Wildman–Crippen MR) is 116 cm³/mol. The Morgan fingerprint density at radius 2 is 1.66 bits per heavy atom. The summed E-state index contributed by atoms with van der Waals surface area (Å²) in [5.41, 5.74) is 3.55. The van der Waals surface area contributed by atoms with Crippen molar-refractivity contribution in [2.45, 2.75) is 24.8 Å². The molecule has 3 N–H and O–H groups in total. The number of hydrogen-bond donors (Lipinski definition) is 3. The molecule has 4 rings (SSSR count). The molecule has 1 atom stereocenters. The fraction of sp³-hybridized carbons (Fsp3) is 0.375. The number of methoxy groups -OCH3 is 1. The number of carbonyl (C=O) groups excluding carboxylic acids is 2. The van der Waals surface area contributed by atoms with Gasteiger partial charge in [-0.1, -0.05) is 48.5 Å². The van der Waals surface area contributed by atoms with E-state index in [1.807, 2.05) is 36.4 Å². The van der Waals surface area contributed by atoms with Crippen LogP contribution in [0.15, 0.2) is 48.5 Å². The number of carboxylic acid groups (broad SMARTS) is 1. The Morgan fingerprint density at radius 1 is 1.06 bits per heavy atom. The summed E-state index contributed by atoms with van der Waals surface area (Å²) in [6.45, 7) is 0.0904. The Kier molecular flexibility index (Phi) is 6.14. The maximum absolute atomic E-state index is 12.5. The van der Waals surface area contributed by atoms with Crippen LogP contribution in [0.4, 0.5) is 4.79 Å². The number of benzene rings is 2. The minimum Gasteiger partial charge on any atom is -0.481 e. The van der Waals surface area contributed by atoms with E-state index in [0.717, 1.165) is 22.3 Å². The van der Waals surface area contributed by atoms with Crippen LogP contribution >= 0.6 is 0 Å². The topological polar surface area (TPSA) is 114 Å². The Balaban J connectivity index is 1.36. The normalized spacial score (nSPS) is 16.4. The second-order valence-electron chi connectivity index (χ2n) is 8.28. The maximum Gasteiger partial charge on any atom is 0.407 e. The summed E-state index contributed by atoms with van der Waals surface area (Å²) in [6.07, 6.45) is 0.317. The standard InChI is InChI=1S/C24H26N2O6/c1-31-13-20(21(27)25-14-24(10-11-24)22(28)29)26-23(30)32-12-19-17-8-4-2-6-15(17)16-7-3-5-9-18(16)19/h2-9,19-20H,10-14H2,1H3,(H,25,27)(H,26,30)(H,28,29). The second kappa shape index (κ2) is 9.00. The van der Waals surface area contributed by atoms with Crippen LogP contribution in [0.25, 0.3) is 11.1 Å². The average molecular weight is 438 g/mol. The van der Waals surface area contributed by atoms with Crippen LogP contribution < -0.4 is 10.6 Å². The molecule has 0 radical (unpaired) electrons. The number of aliphatic carboxylic acids is 1. The molecule has 32 heavy (non-hydrogen) atoms. The van der Waals surface area contributed by atoms with Crippen molar-refractivity contribution in [2.75, 3.05) is 26.9 Å². The summed E-state index contributed by atoms with van der Waals surface area (Å²) < 4.78 is 10.5. The molecule has 2 aliphatic rings. The van der Waals surface area contributed by atoms with Crippen LogP contribution in [0.5, 0.6) is 0 Å². The quantitative estimate of drug-likeness (QED) is 0.554. The zero-order valence-electron chi connectivity index (χ0n) is 17.8. The van der Waals surface area contributed by atoms with E-state index in [4.69, 9.17) is 9.47 Å². The number of amides is 2. The zero-order chi connectivity index (χ0) is 22.7. The molecule has 0 spiro atoms. The van der Waals surface area contributed by atoms with Gasteiger partial charge in [0.2, 0.25) is 5.91 Å². The lowest BCUT2D eigenvalue weighted by Gasteiger charge is -2.20. The monoisotopic (exact) mass is 438 g/mol. The first-order valence-electron chi connectivity index (χ1n) is 10.6. The molecule has 168 valence electrons. The fourth-order valence-corrected chi connectivity index (χ4v) is 4.13. The van der Waals surface area contributed by atoms with Gasteiger partial charge in [0.1, 0.15) is 12.6 Å². The molecule has 0 aromatic heterocycles. The maximum atomic E-state index is 12.5. The van der Waals surface area contributed by atoms with Crippen LogP contribution in [-0.2, 0) is 19.1 Å². The highest BCUT2D eigenvalue weighted by Crippen LogP contribution is 2.45. The largest absolute Gasteiger partial charge is 0.481 e. The van der Waals surface area contributed by atoms with E-state index in [0.29, 0.717) is 12.8 Å². The smallest absolute Gasteiger partial charge is 0.407 e. The van der Waals surface area contributed by atoms with Crippen molar-refractivity contribution < 1.29 is 29.0 Å². The van der Waals surface area contributed by atoms with Crippen LogP contribution in [-0.4, -0.2) is 56.0 Å². The van der Waals surface area contributed by atoms with Gasteiger partial charge in [-0.15, -0.1) is 0 Å². The third-order valence-electron chi connectivity index (χ3n) is 6.19. The summed E-state index contributed by atoms with van der Waals surface area (Å²) in [5.74, 6) is -1.52. The minimum atomic E-state index is -0.986. The molecule has 1 fully saturated rings. The Labute approximate surface area is 185 Å². The van der Waals surface area contributed by atoms with Gasteiger partial charge in [-0.2, -0.15) is 0 Å². The van der Waals surface area contributed by atoms with E-state index >= 15 is 0 Å². The van der Waals surface area contributed by atoms with Gasteiger partial charge < -0.3 is 25.2 Å². The van der Waals surface area contributed by atoms with Crippen LogP contribution in [0.3, 0.4) is 0 Å². The summed E-state index contributed by atoms with van der Waals surface area (Å²) >= 11 is 0. The summed E-state index contributed by atoms with van der Waals surface area (Å²) in [6, 6.07) is 15.1. The molecule has 0 heterocycles. The van der Waals surface area contributed by atoms with Gasteiger partial charge in [0, 0.05) is 19.6 Å². The fourth-order valence-electron chi connectivity index (χ4n) is 4.13. The highest BCUT2D eigenvalue weighted by molar-refractivity contribution is 5.87. The Bertz CT molecular complexity index is 987. The third-order valence-corrected chi connectivity index (χ3v) is 6.19. The molecule has 2 amide bonds. The zero-order valence-corrected chi connectivity index (χ0v) is 17.8. The molecule has 0 bridgehead atoms. The molecule has 1 saturated carbocycles. The number of ether oxygens (including phenoxy) is 2. The molecule has 0 saturated heterocycles. The lowest BCUT2D eigenvalue weighted by molar-refractivity contribution is -0.143. The Hall–Kier alpha value is -3.39. The first-order valence-corrected chi connectivity index (χ1v) is 10.6. The van der Waals surface area contributed by atoms with Crippen LogP contribution in [0.2, 0.25) is 0 Å². The van der Waals surface area contributed by atoms with Crippen LogP contribution in [0, 0.1) is 5.41 Å². The van der Waals surface area contributed by atoms with Gasteiger partial charge >= 0.3 is 12.1 Å². The highest BCUT2D eigenvalue weighted by atomic mass is 16.5. The molecular weight excluding hydrogens is 412 g/mol. The van der Waals surface area contributed by atoms with Crippen molar-refractivity contribution in [3.05, 3.63) is 59.7 Å².